The maximum atomic E-state index is 14.1. The Balaban J connectivity index is 1.88. The van der Waals surface area contributed by atoms with E-state index < -0.39 is 36.4 Å². The highest BCUT2D eigenvalue weighted by atomic mass is 19.4. The standard InChI is InChI=1S/C22H24F4N2O2/c1-14(19-10-17(23)9-16-5-3-7-30-20(16)19)11-21(29,22(24,25)26)12-18(27)8-15-4-2-6-28-13-15/h2,4,6,8-10,13-14,29H,3,5,7,11-12,27H2,1H3/b18-8-. The van der Waals surface area contributed by atoms with E-state index in [1.807, 2.05) is 0 Å². The van der Waals surface area contributed by atoms with Crippen molar-refractivity contribution in [3.63, 3.8) is 0 Å². The molecule has 0 bridgehead atoms. The fraction of sp³-hybridized carbons (Fsp3) is 0.409. The van der Waals surface area contributed by atoms with Crippen molar-refractivity contribution in [1.82, 2.24) is 4.98 Å². The number of nitrogens with two attached hydrogens (primary N) is 1. The van der Waals surface area contributed by atoms with Crippen molar-refractivity contribution in [1.29, 1.82) is 0 Å². The molecule has 1 aliphatic heterocycles. The normalized spacial score (nSPS) is 17.6. The lowest BCUT2D eigenvalue weighted by atomic mass is 9.82. The Kier molecular flexibility index (Phi) is 6.36. The Hall–Kier alpha value is -2.61. The summed E-state index contributed by atoms with van der Waals surface area (Å²) in [6.45, 7) is 1.94. The lowest BCUT2D eigenvalue weighted by molar-refractivity contribution is -0.263. The third-order valence-electron chi connectivity index (χ3n) is 5.23. The third-order valence-corrected chi connectivity index (χ3v) is 5.23. The van der Waals surface area contributed by atoms with Gasteiger partial charge in [0.25, 0.3) is 0 Å². The van der Waals surface area contributed by atoms with E-state index in [0.717, 1.165) is 0 Å². The number of rotatable bonds is 6. The lowest BCUT2D eigenvalue weighted by Crippen LogP contribution is -2.47. The van der Waals surface area contributed by atoms with Crippen LogP contribution >= 0.6 is 0 Å². The number of benzene rings is 1. The molecular weight excluding hydrogens is 400 g/mol. The third kappa shape index (κ3) is 4.92. The number of nitrogens with zero attached hydrogens (tertiary/aromatic N) is 1. The van der Waals surface area contributed by atoms with Crippen LogP contribution in [0.4, 0.5) is 17.6 Å². The average Bonchev–Trinajstić information content (AvgIpc) is 2.66. The minimum atomic E-state index is -4.93. The van der Waals surface area contributed by atoms with Gasteiger partial charge in [0.05, 0.1) is 6.61 Å². The summed E-state index contributed by atoms with van der Waals surface area (Å²) in [5, 5.41) is 10.6. The van der Waals surface area contributed by atoms with Crippen molar-refractivity contribution in [3.05, 3.63) is 64.9 Å². The van der Waals surface area contributed by atoms with Gasteiger partial charge in [-0.1, -0.05) is 13.0 Å². The van der Waals surface area contributed by atoms with Crippen LogP contribution in [0, 0.1) is 5.82 Å². The van der Waals surface area contributed by atoms with Crippen molar-refractivity contribution < 1.29 is 27.4 Å². The van der Waals surface area contributed by atoms with Gasteiger partial charge in [-0.25, -0.2) is 4.39 Å². The van der Waals surface area contributed by atoms with Gasteiger partial charge in [-0.05, 0) is 60.6 Å². The van der Waals surface area contributed by atoms with E-state index >= 15 is 0 Å². The molecule has 0 spiro atoms. The Morgan fingerprint density at radius 1 is 1.37 bits per heavy atom. The molecule has 1 aromatic carbocycles. The number of alkyl halides is 3. The van der Waals surface area contributed by atoms with Crippen molar-refractivity contribution in [2.45, 2.75) is 50.3 Å². The number of fused-ring (bicyclic) bond motifs is 1. The summed E-state index contributed by atoms with van der Waals surface area (Å²) < 4.78 is 61.2. The molecule has 2 atom stereocenters. The summed E-state index contributed by atoms with van der Waals surface area (Å²) in [5.74, 6) is -0.934. The molecule has 0 amide bonds. The predicted octanol–water partition coefficient (Wildman–Crippen LogP) is 4.72. The first-order chi connectivity index (χ1) is 14.1. The number of pyridine rings is 1. The molecule has 0 aliphatic carbocycles. The topological polar surface area (TPSA) is 68.4 Å². The van der Waals surface area contributed by atoms with Crippen LogP contribution in [0.1, 0.15) is 48.8 Å². The first kappa shape index (κ1) is 22.1. The maximum Gasteiger partial charge on any atom is 0.417 e. The molecule has 8 heteroatoms. The molecule has 3 rings (SSSR count). The number of aliphatic hydroxyl groups is 1. The zero-order chi connectivity index (χ0) is 21.9. The summed E-state index contributed by atoms with van der Waals surface area (Å²) in [5.41, 5.74) is 4.10. The Labute approximate surface area is 172 Å². The quantitative estimate of drug-likeness (QED) is 0.659. The van der Waals surface area contributed by atoms with Crippen LogP contribution < -0.4 is 10.5 Å². The van der Waals surface area contributed by atoms with Crippen molar-refractivity contribution >= 4 is 6.08 Å². The molecular formula is C22H24F4N2O2. The van der Waals surface area contributed by atoms with Crippen molar-refractivity contribution in [3.8, 4) is 5.75 Å². The second-order valence-electron chi connectivity index (χ2n) is 7.75. The van der Waals surface area contributed by atoms with Gasteiger partial charge in [0.2, 0.25) is 0 Å². The Bertz CT molecular complexity index is 915. The first-order valence-corrected chi connectivity index (χ1v) is 9.69. The summed E-state index contributed by atoms with van der Waals surface area (Å²) in [4.78, 5) is 3.89. The zero-order valence-electron chi connectivity index (χ0n) is 16.5. The monoisotopic (exact) mass is 424 g/mol. The molecule has 0 fully saturated rings. The maximum absolute atomic E-state index is 14.1. The molecule has 0 saturated heterocycles. The molecule has 2 heterocycles. The SMILES string of the molecule is CC(CC(O)(C/C(N)=C/c1cccnc1)C(F)(F)F)c1cc(F)cc2c1OCCC2. The van der Waals surface area contributed by atoms with Gasteiger partial charge in [-0.3, -0.25) is 4.98 Å². The van der Waals surface area contributed by atoms with Gasteiger partial charge in [-0.2, -0.15) is 13.2 Å². The number of aromatic nitrogens is 1. The smallest absolute Gasteiger partial charge is 0.417 e. The van der Waals surface area contributed by atoms with Gasteiger partial charge in [0.15, 0.2) is 5.60 Å². The van der Waals surface area contributed by atoms with E-state index in [4.69, 9.17) is 10.5 Å². The summed E-state index contributed by atoms with van der Waals surface area (Å²) in [6.07, 6.45) is -0.777. The lowest BCUT2D eigenvalue weighted by Gasteiger charge is -2.34. The minimum absolute atomic E-state index is 0.132. The second kappa shape index (κ2) is 8.63. The molecule has 2 aromatic rings. The molecule has 2 unspecified atom stereocenters. The van der Waals surface area contributed by atoms with Crippen molar-refractivity contribution in [2.75, 3.05) is 6.61 Å². The van der Waals surface area contributed by atoms with Gasteiger partial charge >= 0.3 is 6.18 Å². The predicted molar refractivity (Wildman–Crippen MR) is 105 cm³/mol. The summed E-state index contributed by atoms with van der Waals surface area (Å²) in [7, 11) is 0. The van der Waals surface area contributed by atoms with Crippen LogP contribution in [0.2, 0.25) is 0 Å². The molecule has 0 radical (unpaired) electrons. The molecule has 1 aliphatic rings. The van der Waals surface area contributed by atoms with Crippen LogP contribution in [0.3, 0.4) is 0 Å². The van der Waals surface area contributed by atoms with Gasteiger partial charge < -0.3 is 15.6 Å². The van der Waals surface area contributed by atoms with E-state index in [-0.39, 0.29) is 5.70 Å². The second-order valence-corrected chi connectivity index (χ2v) is 7.75. The highest BCUT2D eigenvalue weighted by molar-refractivity contribution is 5.51. The molecule has 4 nitrogen and oxygen atoms in total. The minimum Gasteiger partial charge on any atom is -0.493 e. The summed E-state index contributed by atoms with van der Waals surface area (Å²) >= 11 is 0. The van der Waals surface area contributed by atoms with Gasteiger partial charge in [-0.15, -0.1) is 0 Å². The van der Waals surface area contributed by atoms with Gasteiger partial charge in [0, 0.05) is 30.1 Å². The number of aryl methyl sites for hydroxylation is 1. The Morgan fingerprint density at radius 3 is 2.80 bits per heavy atom. The fourth-order valence-corrected chi connectivity index (χ4v) is 3.81. The van der Waals surface area contributed by atoms with Crippen LogP contribution in [0.25, 0.3) is 6.08 Å². The molecule has 30 heavy (non-hydrogen) atoms. The highest BCUT2D eigenvalue weighted by Gasteiger charge is 2.54. The van der Waals surface area contributed by atoms with Crippen LogP contribution in [0.15, 0.2) is 42.4 Å². The van der Waals surface area contributed by atoms with E-state index in [0.29, 0.717) is 41.9 Å². The molecule has 162 valence electrons. The Morgan fingerprint density at radius 2 is 2.13 bits per heavy atom. The zero-order valence-corrected chi connectivity index (χ0v) is 16.5. The largest absolute Gasteiger partial charge is 0.493 e. The van der Waals surface area contributed by atoms with Crippen LogP contribution in [-0.2, 0) is 6.42 Å². The van der Waals surface area contributed by atoms with Gasteiger partial charge in [0.1, 0.15) is 11.6 Å². The van der Waals surface area contributed by atoms with Crippen LogP contribution in [-0.4, -0.2) is 28.5 Å². The van der Waals surface area contributed by atoms with E-state index in [2.05, 4.69) is 4.98 Å². The number of hydrogen-bond donors (Lipinski definition) is 2. The molecule has 0 saturated carbocycles. The van der Waals surface area contributed by atoms with Crippen LogP contribution in [0.5, 0.6) is 5.75 Å². The highest BCUT2D eigenvalue weighted by Crippen LogP contribution is 2.44. The molecule has 1 aromatic heterocycles. The average molecular weight is 424 g/mol. The van der Waals surface area contributed by atoms with E-state index in [1.165, 1.54) is 37.5 Å². The van der Waals surface area contributed by atoms with E-state index in [1.54, 1.807) is 12.1 Å². The number of halogens is 4. The number of hydrogen-bond acceptors (Lipinski definition) is 4. The summed E-state index contributed by atoms with van der Waals surface area (Å²) in [6, 6.07) is 5.80. The van der Waals surface area contributed by atoms with Crippen molar-refractivity contribution in [2.24, 2.45) is 5.73 Å². The van der Waals surface area contributed by atoms with E-state index in [9.17, 15) is 22.7 Å². The first-order valence-electron chi connectivity index (χ1n) is 9.69. The fourth-order valence-electron chi connectivity index (χ4n) is 3.81. The molecule has 3 N–H and O–H groups in total. The number of ether oxygens (including phenoxy) is 1.